The number of rotatable bonds is 2. The molecular formula is C17H14ClN3O. The van der Waals surface area contributed by atoms with Crippen LogP contribution in [0.5, 0.6) is 0 Å². The topological polar surface area (TPSA) is 54.9 Å². The number of carbonyl (C=O) groups is 1. The number of pyridine rings is 2. The molecule has 0 radical (unpaired) electrons. The Bertz CT molecular complexity index is 863. The molecule has 0 aliphatic heterocycles. The lowest BCUT2D eigenvalue weighted by molar-refractivity contribution is 0.102. The predicted molar refractivity (Wildman–Crippen MR) is 88.4 cm³/mol. The standard InChI is InChI=1S/C17H14ClN3O/c1-10-9-15(21-17(22)14-5-3-4-8-19-14)12-6-7-13(18)11(2)16(12)20-10/h3-9H,1-2H3,(H,20,21,22). The largest absolute Gasteiger partial charge is 0.320 e. The zero-order valence-electron chi connectivity index (χ0n) is 12.2. The van der Waals surface area contributed by atoms with Crippen LogP contribution in [0.3, 0.4) is 0 Å². The van der Waals surface area contributed by atoms with Crippen LogP contribution in [-0.2, 0) is 0 Å². The van der Waals surface area contributed by atoms with Crippen LogP contribution in [0.2, 0.25) is 5.02 Å². The number of fused-ring (bicyclic) bond motifs is 1. The minimum absolute atomic E-state index is 0.250. The fraction of sp³-hybridized carbons (Fsp3) is 0.118. The average molecular weight is 312 g/mol. The molecule has 0 fully saturated rings. The Balaban J connectivity index is 2.08. The Morgan fingerprint density at radius 3 is 2.73 bits per heavy atom. The Morgan fingerprint density at radius 1 is 1.18 bits per heavy atom. The molecule has 3 rings (SSSR count). The van der Waals surface area contributed by atoms with Crippen molar-refractivity contribution in [3.8, 4) is 0 Å². The van der Waals surface area contributed by atoms with Crippen molar-refractivity contribution in [1.82, 2.24) is 9.97 Å². The van der Waals surface area contributed by atoms with Crippen LogP contribution in [0.15, 0.2) is 42.6 Å². The highest BCUT2D eigenvalue weighted by Gasteiger charge is 2.12. The van der Waals surface area contributed by atoms with Gasteiger partial charge in [-0.2, -0.15) is 0 Å². The lowest BCUT2D eigenvalue weighted by Crippen LogP contribution is -2.14. The summed E-state index contributed by atoms with van der Waals surface area (Å²) in [6.45, 7) is 3.80. The normalized spacial score (nSPS) is 10.7. The van der Waals surface area contributed by atoms with Crippen molar-refractivity contribution in [2.45, 2.75) is 13.8 Å². The third-order valence-electron chi connectivity index (χ3n) is 3.44. The number of nitrogens with zero attached hydrogens (tertiary/aromatic N) is 2. The van der Waals surface area contributed by atoms with Gasteiger partial charge in [0.2, 0.25) is 0 Å². The van der Waals surface area contributed by atoms with E-state index in [0.717, 1.165) is 22.2 Å². The van der Waals surface area contributed by atoms with E-state index in [1.54, 1.807) is 24.4 Å². The van der Waals surface area contributed by atoms with E-state index in [0.29, 0.717) is 16.4 Å². The van der Waals surface area contributed by atoms with Crippen molar-refractivity contribution in [2.75, 3.05) is 5.32 Å². The second-order valence-corrected chi connectivity index (χ2v) is 5.46. The van der Waals surface area contributed by atoms with Crippen LogP contribution >= 0.6 is 11.6 Å². The molecule has 0 spiro atoms. The van der Waals surface area contributed by atoms with Crippen molar-refractivity contribution >= 4 is 34.1 Å². The smallest absolute Gasteiger partial charge is 0.274 e. The fourth-order valence-corrected chi connectivity index (χ4v) is 2.47. The van der Waals surface area contributed by atoms with Crippen LogP contribution in [0.4, 0.5) is 5.69 Å². The number of aryl methyl sites for hydroxylation is 2. The van der Waals surface area contributed by atoms with E-state index in [4.69, 9.17) is 11.6 Å². The first-order valence-electron chi connectivity index (χ1n) is 6.85. The zero-order valence-corrected chi connectivity index (χ0v) is 13.0. The van der Waals surface area contributed by atoms with Gasteiger partial charge < -0.3 is 5.32 Å². The fourth-order valence-electron chi connectivity index (χ4n) is 2.32. The van der Waals surface area contributed by atoms with Gasteiger partial charge in [0.15, 0.2) is 0 Å². The number of amides is 1. The molecule has 0 aliphatic rings. The Kier molecular flexibility index (Phi) is 3.77. The van der Waals surface area contributed by atoms with E-state index in [9.17, 15) is 4.79 Å². The highest BCUT2D eigenvalue weighted by Crippen LogP contribution is 2.29. The number of halogens is 1. The van der Waals surface area contributed by atoms with Crippen LogP contribution in [0, 0.1) is 13.8 Å². The number of aromatic nitrogens is 2. The first-order valence-corrected chi connectivity index (χ1v) is 7.23. The number of hydrogen-bond acceptors (Lipinski definition) is 3. The van der Waals surface area contributed by atoms with Crippen molar-refractivity contribution < 1.29 is 4.79 Å². The maximum atomic E-state index is 12.3. The second kappa shape index (κ2) is 5.73. The molecule has 1 N–H and O–H groups in total. The molecule has 1 amide bonds. The van der Waals surface area contributed by atoms with Crippen LogP contribution in [0.1, 0.15) is 21.7 Å². The van der Waals surface area contributed by atoms with Gasteiger partial charge in [-0.25, -0.2) is 0 Å². The van der Waals surface area contributed by atoms with Gasteiger partial charge in [0.25, 0.3) is 5.91 Å². The molecule has 0 saturated heterocycles. The summed E-state index contributed by atoms with van der Waals surface area (Å²) in [5, 5.41) is 4.42. The first kappa shape index (κ1) is 14.5. The molecule has 0 unspecified atom stereocenters. The summed E-state index contributed by atoms with van der Waals surface area (Å²) in [7, 11) is 0. The van der Waals surface area contributed by atoms with Gasteiger partial charge in [0, 0.05) is 22.3 Å². The third-order valence-corrected chi connectivity index (χ3v) is 3.85. The monoisotopic (exact) mass is 311 g/mol. The summed E-state index contributed by atoms with van der Waals surface area (Å²) >= 11 is 6.16. The van der Waals surface area contributed by atoms with E-state index in [1.807, 2.05) is 32.0 Å². The minimum atomic E-state index is -0.250. The van der Waals surface area contributed by atoms with Crippen molar-refractivity contribution in [1.29, 1.82) is 0 Å². The van der Waals surface area contributed by atoms with Gasteiger partial charge in [-0.05, 0) is 49.7 Å². The molecule has 22 heavy (non-hydrogen) atoms. The quantitative estimate of drug-likeness (QED) is 0.773. The van der Waals surface area contributed by atoms with Gasteiger partial charge in [-0.1, -0.05) is 17.7 Å². The summed E-state index contributed by atoms with van der Waals surface area (Å²) in [6, 6.07) is 10.7. The number of nitrogens with one attached hydrogen (secondary N) is 1. The zero-order chi connectivity index (χ0) is 15.7. The first-order chi connectivity index (χ1) is 10.6. The molecule has 4 nitrogen and oxygen atoms in total. The van der Waals surface area contributed by atoms with Gasteiger partial charge >= 0.3 is 0 Å². The van der Waals surface area contributed by atoms with E-state index in [-0.39, 0.29) is 5.91 Å². The summed E-state index contributed by atoms with van der Waals surface area (Å²) in [5.41, 5.74) is 3.59. The van der Waals surface area contributed by atoms with Crippen molar-refractivity contribution in [3.05, 3.63) is 64.6 Å². The minimum Gasteiger partial charge on any atom is -0.320 e. The number of carbonyl (C=O) groups excluding carboxylic acids is 1. The summed E-state index contributed by atoms with van der Waals surface area (Å²) < 4.78 is 0. The van der Waals surface area contributed by atoms with Gasteiger partial charge in [0.05, 0.1) is 11.2 Å². The van der Waals surface area contributed by atoms with Gasteiger partial charge in [0.1, 0.15) is 5.69 Å². The molecule has 0 bridgehead atoms. The lowest BCUT2D eigenvalue weighted by Gasteiger charge is -2.11. The highest BCUT2D eigenvalue weighted by molar-refractivity contribution is 6.32. The molecule has 5 heteroatoms. The number of anilines is 1. The van der Waals surface area contributed by atoms with Crippen LogP contribution < -0.4 is 5.32 Å². The van der Waals surface area contributed by atoms with Crippen LogP contribution in [0.25, 0.3) is 10.9 Å². The predicted octanol–water partition coefficient (Wildman–Crippen LogP) is 4.15. The Labute approximate surface area is 133 Å². The molecule has 2 heterocycles. The molecule has 0 atom stereocenters. The molecule has 0 aliphatic carbocycles. The maximum absolute atomic E-state index is 12.3. The second-order valence-electron chi connectivity index (χ2n) is 5.05. The SMILES string of the molecule is Cc1cc(NC(=O)c2ccccn2)c2ccc(Cl)c(C)c2n1. The molecular weight excluding hydrogens is 298 g/mol. The Hall–Kier alpha value is -2.46. The van der Waals surface area contributed by atoms with Crippen LogP contribution in [-0.4, -0.2) is 15.9 Å². The molecule has 110 valence electrons. The molecule has 3 aromatic rings. The van der Waals surface area contributed by atoms with E-state index in [1.165, 1.54) is 0 Å². The average Bonchev–Trinajstić information content (AvgIpc) is 2.52. The van der Waals surface area contributed by atoms with Gasteiger partial charge in [-0.3, -0.25) is 14.8 Å². The number of benzene rings is 1. The summed E-state index contributed by atoms with van der Waals surface area (Å²) in [4.78, 5) is 20.9. The lowest BCUT2D eigenvalue weighted by atomic mass is 10.1. The maximum Gasteiger partial charge on any atom is 0.274 e. The van der Waals surface area contributed by atoms with Gasteiger partial charge in [-0.15, -0.1) is 0 Å². The summed E-state index contributed by atoms with van der Waals surface area (Å²) in [5.74, 6) is -0.250. The van der Waals surface area contributed by atoms with Crippen molar-refractivity contribution in [3.63, 3.8) is 0 Å². The highest BCUT2D eigenvalue weighted by atomic mass is 35.5. The molecule has 2 aromatic heterocycles. The molecule has 1 aromatic carbocycles. The van der Waals surface area contributed by atoms with E-state index in [2.05, 4.69) is 15.3 Å². The molecule has 0 saturated carbocycles. The Morgan fingerprint density at radius 2 is 2.00 bits per heavy atom. The van der Waals surface area contributed by atoms with E-state index < -0.39 is 0 Å². The number of hydrogen-bond donors (Lipinski definition) is 1. The third kappa shape index (κ3) is 2.65. The summed E-state index contributed by atoms with van der Waals surface area (Å²) in [6.07, 6.45) is 1.59. The van der Waals surface area contributed by atoms with E-state index >= 15 is 0 Å². The van der Waals surface area contributed by atoms with Crippen molar-refractivity contribution in [2.24, 2.45) is 0 Å².